The number of rotatable bonds is 5. The van der Waals surface area contributed by atoms with Crippen molar-refractivity contribution in [3.05, 3.63) is 93.8 Å². The molecule has 0 radical (unpaired) electrons. The Balaban J connectivity index is 2.00. The van der Waals surface area contributed by atoms with Gasteiger partial charge in [-0.15, -0.1) is 0 Å². The summed E-state index contributed by atoms with van der Waals surface area (Å²) in [6.45, 7) is 3.87. The molecule has 0 amide bonds. The van der Waals surface area contributed by atoms with Crippen molar-refractivity contribution in [2.75, 3.05) is 0 Å². The zero-order valence-electron chi connectivity index (χ0n) is 14.7. The summed E-state index contributed by atoms with van der Waals surface area (Å²) in [5.41, 5.74) is 4.55. The van der Waals surface area contributed by atoms with Crippen molar-refractivity contribution >= 4 is 17.4 Å². The molecule has 0 fully saturated rings. The maximum atomic E-state index is 12.9. The number of benzene rings is 2. The van der Waals surface area contributed by atoms with Crippen molar-refractivity contribution < 1.29 is 9.90 Å². The van der Waals surface area contributed by atoms with Crippen LogP contribution in [0.2, 0.25) is 5.02 Å². The van der Waals surface area contributed by atoms with E-state index in [4.69, 9.17) is 11.6 Å². The summed E-state index contributed by atoms with van der Waals surface area (Å²) >= 11 is 6.10. The Hall–Kier alpha value is -2.65. The third-order valence-corrected chi connectivity index (χ3v) is 4.75. The van der Waals surface area contributed by atoms with Gasteiger partial charge in [0, 0.05) is 34.8 Å². The topological polar surface area (TPSA) is 50.2 Å². The van der Waals surface area contributed by atoms with Crippen molar-refractivity contribution in [2.24, 2.45) is 0 Å². The summed E-state index contributed by atoms with van der Waals surface area (Å²) in [5.74, 6) is 0.146. The number of hydrogen-bond donors (Lipinski definition) is 1. The first-order valence-electron chi connectivity index (χ1n) is 8.45. The van der Waals surface area contributed by atoms with E-state index in [0.29, 0.717) is 17.0 Å². The first-order chi connectivity index (χ1) is 12.4. The Bertz CT molecular complexity index is 935. The van der Waals surface area contributed by atoms with Crippen LogP contribution in [-0.2, 0) is 0 Å². The maximum absolute atomic E-state index is 12.9. The molecule has 26 heavy (non-hydrogen) atoms. The highest BCUT2D eigenvalue weighted by Gasteiger charge is 2.21. The van der Waals surface area contributed by atoms with Crippen LogP contribution in [-0.4, -0.2) is 15.9 Å². The van der Waals surface area contributed by atoms with Crippen molar-refractivity contribution in [3.8, 4) is 5.75 Å². The summed E-state index contributed by atoms with van der Waals surface area (Å²) in [7, 11) is 0. The monoisotopic (exact) mass is 365 g/mol. The quantitative estimate of drug-likeness (QED) is 0.610. The standard InChI is InChI=1S/C22H20ClNO2/c1-14-11-18(23)5-8-20(14)21(16-3-6-19(25)7-4-16)13-22(26)17-9-10-24-15(2)12-17/h3-12,21,25H,13H2,1-2H3. The number of aryl methyl sites for hydroxylation is 2. The number of pyridine rings is 1. The SMILES string of the molecule is Cc1cc(C(=O)CC(c2ccc(O)cc2)c2ccc(Cl)cc2C)ccn1. The van der Waals surface area contributed by atoms with E-state index in [1.165, 1.54) is 0 Å². The van der Waals surface area contributed by atoms with Crippen molar-refractivity contribution in [1.82, 2.24) is 4.98 Å². The molecule has 1 atom stereocenters. The third-order valence-electron chi connectivity index (χ3n) is 4.51. The molecule has 1 aromatic heterocycles. The molecule has 3 aromatic rings. The minimum absolute atomic E-state index is 0.0583. The van der Waals surface area contributed by atoms with Gasteiger partial charge >= 0.3 is 0 Å². The zero-order chi connectivity index (χ0) is 18.7. The Morgan fingerprint density at radius 1 is 1.08 bits per heavy atom. The number of ketones is 1. The van der Waals surface area contributed by atoms with E-state index in [1.807, 2.05) is 50.2 Å². The Kier molecular flexibility index (Phi) is 5.38. The molecule has 1 unspecified atom stereocenters. The lowest BCUT2D eigenvalue weighted by Crippen LogP contribution is -2.11. The van der Waals surface area contributed by atoms with Crippen molar-refractivity contribution in [3.63, 3.8) is 0 Å². The van der Waals surface area contributed by atoms with Gasteiger partial charge in [0.1, 0.15) is 5.75 Å². The van der Waals surface area contributed by atoms with Gasteiger partial charge < -0.3 is 5.11 Å². The predicted molar refractivity (Wildman–Crippen MR) is 104 cm³/mol. The van der Waals surface area contributed by atoms with Crippen LogP contribution in [0.3, 0.4) is 0 Å². The van der Waals surface area contributed by atoms with Crippen LogP contribution < -0.4 is 0 Å². The molecule has 0 bridgehead atoms. The minimum atomic E-state index is -0.117. The average Bonchev–Trinajstić information content (AvgIpc) is 2.61. The molecule has 3 rings (SSSR count). The van der Waals surface area contributed by atoms with Crippen LogP contribution >= 0.6 is 11.6 Å². The van der Waals surface area contributed by atoms with E-state index >= 15 is 0 Å². The largest absolute Gasteiger partial charge is 0.508 e. The summed E-state index contributed by atoms with van der Waals surface area (Å²) < 4.78 is 0. The molecule has 4 heteroatoms. The van der Waals surface area contributed by atoms with E-state index in [1.54, 1.807) is 24.4 Å². The van der Waals surface area contributed by atoms with Crippen LogP contribution in [0.5, 0.6) is 5.75 Å². The number of nitrogens with zero attached hydrogens (tertiary/aromatic N) is 1. The smallest absolute Gasteiger partial charge is 0.163 e. The van der Waals surface area contributed by atoms with Gasteiger partial charge in [-0.05, 0) is 66.9 Å². The third kappa shape index (κ3) is 4.12. The van der Waals surface area contributed by atoms with E-state index in [2.05, 4.69) is 4.98 Å². The van der Waals surface area contributed by atoms with Gasteiger partial charge in [0.05, 0.1) is 0 Å². The molecule has 0 spiro atoms. The molecule has 1 heterocycles. The molecule has 0 saturated carbocycles. The summed E-state index contributed by atoms with van der Waals surface area (Å²) in [4.78, 5) is 17.1. The summed E-state index contributed by atoms with van der Waals surface area (Å²) in [5, 5.41) is 10.3. The van der Waals surface area contributed by atoms with Gasteiger partial charge in [-0.25, -0.2) is 0 Å². The molecule has 0 aliphatic rings. The molecule has 3 nitrogen and oxygen atoms in total. The van der Waals surface area contributed by atoms with Gasteiger partial charge in [-0.3, -0.25) is 9.78 Å². The number of hydrogen-bond acceptors (Lipinski definition) is 3. The Labute approximate surface area is 158 Å². The predicted octanol–water partition coefficient (Wildman–Crippen LogP) is 5.46. The fraction of sp³-hybridized carbons (Fsp3) is 0.182. The molecule has 0 saturated heterocycles. The van der Waals surface area contributed by atoms with Crippen LogP contribution in [0.1, 0.15) is 45.1 Å². The van der Waals surface area contributed by atoms with Crippen LogP contribution in [0.4, 0.5) is 0 Å². The van der Waals surface area contributed by atoms with Gasteiger partial charge in [0.15, 0.2) is 5.78 Å². The Morgan fingerprint density at radius 2 is 1.81 bits per heavy atom. The molecule has 2 aromatic carbocycles. The fourth-order valence-electron chi connectivity index (χ4n) is 3.17. The number of Topliss-reactive ketones (excluding diaryl/α,β-unsaturated/α-hetero) is 1. The lowest BCUT2D eigenvalue weighted by atomic mass is 9.84. The normalized spacial score (nSPS) is 12.0. The molecule has 1 N–H and O–H groups in total. The first kappa shape index (κ1) is 18.2. The minimum Gasteiger partial charge on any atom is -0.508 e. The van der Waals surface area contributed by atoms with E-state index < -0.39 is 0 Å². The zero-order valence-corrected chi connectivity index (χ0v) is 15.5. The molecule has 132 valence electrons. The fourth-order valence-corrected chi connectivity index (χ4v) is 3.39. The van der Waals surface area contributed by atoms with Crippen molar-refractivity contribution in [2.45, 2.75) is 26.2 Å². The lowest BCUT2D eigenvalue weighted by molar-refractivity contribution is 0.0977. The number of carbonyl (C=O) groups excluding carboxylic acids is 1. The average molecular weight is 366 g/mol. The number of phenols is 1. The highest BCUT2D eigenvalue weighted by molar-refractivity contribution is 6.30. The van der Waals surface area contributed by atoms with Gasteiger partial charge in [-0.1, -0.05) is 29.8 Å². The van der Waals surface area contributed by atoms with Crippen LogP contribution in [0.25, 0.3) is 0 Å². The highest BCUT2D eigenvalue weighted by Crippen LogP contribution is 2.33. The maximum Gasteiger partial charge on any atom is 0.163 e. The number of phenolic OH excluding ortho intramolecular Hbond substituents is 1. The summed E-state index contributed by atoms with van der Waals surface area (Å²) in [6.07, 6.45) is 1.99. The molecular formula is C22H20ClNO2. The van der Waals surface area contributed by atoms with Crippen molar-refractivity contribution in [1.29, 1.82) is 0 Å². The second-order valence-electron chi connectivity index (χ2n) is 6.46. The first-order valence-corrected chi connectivity index (χ1v) is 8.82. The van der Waals surface area contributed by atoms with Gasteiger partial charge in [-0.2, -0.15) is 0 Å². The van der Waals surface area contributed by atoms with E-state index in [9.17, 15) is 9.90 Å². The second kappa shape index (κ2) is 7.71. The second-order valence-corrected chi connectivity index (χ2v) is 6.89. The molecular weight excluding hydrogens is 346 g/mol. The number of aromatic hydroxyl groups is 1. The lowest BCUT2D eigenvalue weighted by Gasteiger charge is -2.20. The Morgan fingerprint density at radius 3 is 2.46 bits per heavy atom. The molecule has 0 aliphatic heterocycles. The van der Waals surface area contributed by atoms with E-state index in [-0.39, 0.29) is 17.5 Å². The van der Waals surface area contributed by atoms with Crippen LogP contribution in [0, 0.1) is 13.8 Å². The van der Waals surface area contributed by atoms with Crippen LogP contribution in [0.15, 0.2) is 60.8 Å². The van der Waals surface area contributed by atoms with Gasteiger partial charge in [0.25, 0.3) is 0 Å². The number of halogens is 1. The summed E-state index contributed by atoms with van der Waals surface area (Å²) in [6, 6.07) is 16.3. The number of aromatic nitrogens is 1. The van der Waals surface area contributed by atoms with Gasteiger partial charge in [0.2, 0.25) is 0 Å². The highest BCUT2D eigenvalue weighted by atomic mass is 35.5. The molecule has 0 aliphatic carbocycles. The van der Waals surface area contributed by atoms with E-state index in [0.717, 1.165) is 22.4 Å². The number of carbonyl (C=O) groups is 1.